The van der Waals surface area contributed by atoms with Crippen LogP contribution in [0.5, 0.6) is 0 Å². The van der Waals surface area contributed by atoms with Gasteiger partial charge in [0.1, 0.15) is 0 Å². The topological polar surface area (TPSA) is 255 Å². The Hall–Kier alpha value is 4.31. The molecule has 0 aliphatic rings. The van der Waals surface area contributed by atoms with Gasteiger partial charge in [0.2, 0.25) is 0 Å². The fraction of sp³-hybridized carbons (Fsp3) is 0. The van der Waals surface area contributed by atoms with E-state index in [1.807, 2.05) is 0 Å². The maximum absolute atomic E-state index is 8.93. The maximum Gasteiger partial charge on any atom is 1.00 e. The van der Waals surface area contributed by atoms with E-state index in [4.69, 9.17) is 39.6 Å². The molecule has 0 fully saturated rings. The average Bonchev–Trinajstić information content (AvgIpc) is 1.88. The molecule has 0 heterocycles. The average molecular weight is 386 g/mol. The van der Waals surface area contributed by atoms with E-state index >= 15 is 0 Å². The van der Waals surface area contributed by atoms with E-state index in [9.17, 15) is 0 Å². The quantitative estimate of drug-likeness (QED) is 0.284. The standard InChI is InChI=1S/2C2H2O4.4K.3H2O/c2*3-1(4)2(5)6;;;;;;;/h2*(H,3,4)(H,5,6);;;;;3*1H2/q;;4*+1;;;/p-4. The van der Waals surface area contributed by atoms with Crippen molar-refractivity contribution in [1.29, 1.82) is 0 Å². The Morgan fingerprint density at radius 2 is 0.474 bits per heavy atom. The van der Waals surface area contributed by atoms with Gasteiger partial charge in [-0.25, -0.2) is 0 Å². The molecule has 0 saturated carbocycles. The summed E-state index contributed by atoms with van der Waals surface area (Å²) in [6.45, 7) is 0. The molecule has 0 radical (unpaired) electrons. The summed E-state index contributed by atoms with van der Waals surface area (Å²) >= 11 is 0. The molecular formula is C4H6K4O11. The molecule has 92 valence electrons. The van der Waals surface area contributed by atoms with Crippen LogP contribution in [-0.2, 0) is 19.2 Å². The van der Waals surface area contributed by atoms with E-state index < -0.39 is 23.9 Å². The zero-order valence-electron chi connectivity index (χ0n) is 10.8. The molecule has 0 saturated heterocycles. The first-order valence-electron chi connectivity index (χ1n) is 2.13. The summed E-state index contributed by atoms with van der Waals surface area (Å²) in [7, 11) is 0. The van der Waals surface area contributed by atoms with Gasteiger partial charge < -0.3 is 56.0 Å². The molecule has 0 aromatic carbocycles. The minimum atomic E-state index is -2.19. The van der Waals surface area contributed by atoms with Gasteiger partial charge in [0.25, 0.3) is 0 Å². The second-order valence-corrected chi connectivity index (χ2v) is 1.15. The van der Waals surface area contributed by atoms with E-state index in [0.29, 0.717) is 0 Å². The summed E-state index contributed by atoms with van der Waals surface area (Å²) < 4.78 is 0. The number of aliphatic carboxylic acids is 4. The molecule has 19 heavy (non-hydrogen) atoms. The van der Waals surface area contributed by atoms with Crippen molar-refractivity contribution in [3.05, 3.63) is 0 Å². The summed E-state index contributed by atoms with van der Waals surface area (Å²) in [5.74, 6) is -8.74. The van der Waals surface area contributed by atoms with E-state index in [2.05, 4.69) is 0 Å². The van der Waals surface area contributed by atoms with Crippen LogP contribution in [0.4, 0.5) is 0 Å². The van der Waals surface area contributed by atoms with Crippen LogP contribution in [0.15, 0.2) is 0 Å². The molecular weight excluding hydrogens is 380 g/mol. The first kappa shape index (κ1) is 56.7. The van der Waals surface area contributed by atoms with E-state index in [1.165, 1.54) is 0 Å². The second kappa shape index (κ2) is 38.1. The van der Waals surface area contributed by atoms with Gasteiger partial charge in [-0.2, -0.15) is 0 Å². The summed E-state index contributed by atoms with van der Waals surface area (Å²) in [5.41, 5.74) is 0. The molecule has 0 aliphatic heterocycles. The number of carbonyl (C=O) groups excluding carboxylic acids is 4. The SMILES string of the molecule is O.O.O.O=C([O-])C(=O)[O-].O=C([O-])C(=O)[O-].[K+].[K+].[K+].[K+]. The van der Waals surface area contributed by atoms with Gasteiger partial charge >= 0.3 is 206 Å². The number of carboxylic acids is 4. The normalized spacial score (nSPS) is 4.63. The Labute approximate surface area is 277 Å². The van der Waals surface area contributed by atoms with Gasteiger partial charge in [0.05, 0.1) is 23.9 Å². The molecule has 15 heteroatoms. The Morgan fingerprint density at radius 1 is 0.421 bits per heavy atom. The smallest absolute Gasteiger partial charge is 0.543 e. The van der Waals surface area contributed by atoms with Crippen molar-refractivity contribution < 1.29 is 262 Å². The van der Waals surface area contributed by atoms with Crippen LogP contribution in [0.25, 0.3) is 0 Å². The third-order valence-corrected chi connectivity index (χ3v) is 0.333. The third kappa shape index (κ3) is 60.7. The molecule has 0 unspecified atom stereocenters. The fourth-order valence-electron chi connectivity index (χ4n) is 0. The number of hydrogen-bond acceptors (Lipinski definition) is 8. The summed E-state index contributed by atoms with van der Waals surface area (Å²) in [6.07, 6.45) is 0. The largest absolute Gasteiger partial charge is 1.00 e. The number of carboxylic acid groups (broad SMARTS) is 4. The molecule has 0 rings (SSSR count). The summed E-state index contributed by atoms with van der Waals surface area (Å²) in [5, 5.41) is 35.7. The molecule has 0 aromatic rings. The zero-order chi connectivity index (χ0) is 10.3. The van der Waals surface area contributed by atoms with Crippen LogP contribution in [-0.4, -0.2) is 40.3 Å². The van der Waals surface area contributed by atoms with Gasteiger partial charge in [0, 0.05) is 0 Å². The molecule has 0 aromatic heterocycles. The Balaban J connectivity index is -0.0000000110. The minimum Gasteiger partial charge on any atom is -0.543 e. The Morgan fingerprint density at radius 3 is 0.474 bits per heavy atom. The monoisotopic (exact) mass is 386 g/mol. The predicted molar refractivity (Wildman–Crippen MR) is 30.9 cm³/mol. The first-order chi connectivity index (χ1) is 5.29. The van der Waals surface area contributed by atoms with Gasteiger partial charge in [-0.15, -0.1) is 0 Å². The number of hydrogen-bond donors (Lipinski definition) is 0. The van der Waals surface area contributed by atoms with Gasteiger partial charge in [-0.3, -0.25) is 0 Å². The molecule has 6 N–H and O–H groups in total. The summed E-state index contributed by atoms with van der Waals surface area (Å²) in [6, 6.07) is 0. The van der Waals surface area contributed by atoms with Gasteiger partial charge in [-0.05, 0) is 0 Å². The van der Waals surface area contributed by atoms with Crippen molar-refractivity contribution in [3.63, 3.8) is 0 Å². The third-order valence-electron chi connectivity index (χ3n) is 0.333. The van der Waals surface area contributed by atoms with Crippen LogP contribution >= 0.6 is 0 Å². The molecule has 0 amide bonds. The van der Waals surface area contributed by atoms with Crippen molar-refractivity contribution in [2.45, 2.75) is 0 Å². The predicted octanol–water partition coefficient (Wildman–Crippen LogP) is -21.5. The van der Waals surface area contributed by atoms with Crippen molar-refractivity contribution in [1.82, 2.24) is 0 Å². The fourth-order valence-corrected chi connectivity index (χ4v) is 0. The first-order valence-corrected chi connectivity index (χ1v) is 2.13. The van der Waals surface area contributed by atoms with Crippen molar-refractivity contribution in [3.8, 4) is 0 Å². The van der Waals surface area contributed by atoms with E-state index in [-0.39, 0.29) is 222 Å². The summed E-state index contributed by atoms with van der Waals surface area (Å²) in [4.78, 5) is 35.7. The van der Waals surface area contributed by atoms with Crippen molar-refractivity contribution in [2.75, 3.05) is 0 Å². The van der Waals surface area contributed by atoms with Crippen LogP contribution in [0.3, 0.4) is 0 Å². The van der Waals surface area contributed by atoms with Gasteiger partial charge in [-0.1, -0.05) is 0 Å². The molecule has 0 spiro atoms. The molecule has 0 aliphatic carbocycles. The Kier molecular flexibility index (Phi) is 114. The van der Waals surface area contributed by atoms with Crippen LogP contribution in [0, 0.1) is 0 Å². The molecule has 0 atom stereocenters. The van der Waals surface area contributed by atoms with Crippen LogP contribution in [0.1, 0.15) is 0 Å². The number of carbonyl (C=O) groups is 4. The van der Waals surface area contributed by atoms with Crippen molar-refractivity contribution >= 4 is 23.9 Å². The maximum atomic E-state index is 8.93. The van der Waals surface area contributed by atoms with Crippen LogP contribution < -0.4 is 226 Å². The second-order valence-electron chi connectivity index (χ2n) is 1.15. The van der Waals surface area contributed by atoms with E-state index in [1.54, 1.807) is 0 Å². The Bertz CT molecular complexity index is 183. The molecule has 11 nitrogen and oxygen atoms in total. The number of rotatable bonds is 0. The zero-order valence-corrected chi connectivity index (χ0v) is 23.3. The van der Waals surface area contributed by atoms with Crippen LogP contribution in [0.2, 0.25) is 0 Å². The molecule has 0 bridgehead atoms. The minimum absolute atomic E-state index is 0. The van der Waals surface area contributed by atoms with Crippen molar-refractivity contribution in [2.24, 2.45) is 0 Å². The van der Waals surface area contributed by atoms with Gasteiger partial charge in [0.15, 0.2) is 0 Å². The van der Waals surface area contributed by atoms with E-state index in [0.717, 1.165) is 0 Å².